The van der Waals surface area contributed by atoms with Gasteiger partial charge in [0, 0.05) is 35.3 Å². The molecule has 0 aromatic carbocycles. The van der Waals surface area contributed by atoms with Crippen LogP contribution in [0, 0.1) is 0 Å². The van der Waals surface area contributed by atoms with E-state index in [1.807, 2.05) is 12.1 Å². The molecule has 2 rings (SSSR count). The number of fused-ring (bicyclic) bond motifs is 1. The van der Waals surface area contributed by atoms with Gasteiger partial charge in [0.05, 0.1) is 12.2 Å². The quantitative estimate of drug-likeness (QED) is 0.411. The second-order valence-corrected chi connectivity index (χ2v) is 3.64. The van der Waals surface area contributed by atoms with Crippen molar-refractivity contribution < 1.29 is 4.79 Å². The molecule has 0 saturated heterocycles. The van der Waals surface area contributed by atoms with Crippen molar-refractivity contribution in [2.75, 3.05) is 0 Å². The third kappa shape index (κ3) is 1.31. The average Bonchev–Trinajstić information content (AvgIpc) is 2.46. The van der Waals surface area contributed by atoms with Crippen molar-refractivity contribution in [1.29, 1.82) is 0 Å². The lowest BCUT2D eigenvalue weighted by atomic mass is 10.2. The number of carbonyl (C=O) groups excluding carboxylic acids is 1. The lowest BCUT2D eigenvalue weighted by Crippen LogP contribution is -2.18. The number of nitrogens with zero attached hydrogens (tertiary/aromatic N) is 2. The molecule has 3 nitrogen and oxygen atoms in total. The summed E-state index contributed by atoms with van der Waals surface area (Å²) in [6, 6.07) is 3.92. The van der Waals surface area contributed by atoms with Gasteiger partial charge >= 0.3 is 0 Å². The average molecular weight is 274 g/mol. The first kappa shape index (κ1) is 7.97. The van der Waals surface area contributed by atoms with Gasteiger partial charge in [-0.05, 0) is 11.6 Å². The molecule has 0 saturated carbocycles. The van der Waals surface area contributed by atoms with Crippen LogP contribution in [0.15, 0.2) is 18.3 Å². The molecule has 0 unspecified atom stereocenters. The van der Waals surface area contributed by atoms with Crippen molar-refractivity contribution in [3.8, 4) is 0 Å². The summed E-state index contributed by atoms with van der Waals surface area (Å²) in [5.74, 6) is 0. The first-order valence-corrected chi connectivity index (χ1v) is 4.72. The number of rotatable bonds is 0. The van der Waals surface area contributed by atoms with Gasteiger partial charge in [0.25, 0.3) is 3.91 Å². The lowest BCUT2D eigenvalue weighted by Gasteiger charge is -2.08. The van der Waals surface area contributed by atoms with Gasteiger partial charge in [-0.25, -0.2) is 0 Å². The minimum atomic E-state index is 0.0885. The molecule has 0 fully saturated rings. The summed E-state index contributed by atoms with van der Waals surface area (Å²) in [7, 11) is 0. The molecule has 12 heavy (non-hydrogen) atoms. The Morgan fingerprint density at radius 1 is 1.58 bits per heavy atom. The highest BCUT2D eigenvalue weighted by Crippen LogP contribution is 2.21. The number of hydrogen-bond donors (Lipinski definition) is 0. The van der Waals surface area contributed by atoms with E-state index < -0.39 is 0 Å². The largest absolute Gasteiger partial charge is 0.324 e. The van der Waals surface area contributed by atoms with E-state index in [1.54, 1.807) is 33.7 Å². The Hall–Kier alpha value is -0.650. The lowest BCUT2D eigenvalue weighted by molar-refractivity contribution is 0.227. The third-order valence-electron chi connectivity index (χ3n) is 1.93. The van der Waals surface area contributed by atoms with Crippen LogP contribution in [-0.2, 0) is 13.1 Å². The Kier molecular flexibility index (Phi) is 2.00. The monoisotopic (exact) mass is 274 g/mol. The van der Waals surface area contributed by atoms with Gasteiger partial charge in [-0.1, -0.05) is 6.07 Å². The topological polar surface area (TPSA) is 33.2 Å². The Bertz CT molecular complexity index is 302. The van der Waals surface area contributed by atoms with Gasteiger partial charge in [0.15, 0.2) is 0 Å². The molecule has 0 radical (unpaired) electrons. The molecule has 0 N–H and O–H groups in total. The van der Waals surface area contributed by atoms with Crippen LogP contribution in [0.25, 0.3) is 0 Å². The van der Waals surface area contributed by atoms with E-state index in [9.17, 15) is 4.79 Å². The first-order valence-electron chi connectivity index (χ1n) is 3.64. The van der Waals surface area contributed by atoms with E-state index >= 15 is 0 Å². The second-order valence-electron chi connectivity index (χ2n) is 2.72. The summed E-state index contributed by atoms with van der Waals surface area (Å²) in [6.45, 7) is 1.38. The van der Waals surface area contributed by atoms with Crippen LogP contribution in [0.5, 0.6) is 0 Å². The molecule has 1 aromatic heterocycles. The molecule has 1 aliphatic heterocycles. The summed E-state index contributed by atoms with van der Waals surface area (Å²) in [5.41, 5.74) is 2.20. The zero-order valence-corrected chi connectivity index (χ0v) is 8.48. The number of hydrogen-bond acceptors (Lipinski definition) is 2. The molecular formula is C8H7IN2O. The number of pyridine rings is 1. The summed E-state index contributed by atoms with van der Waals surface area (Å²) >= 11 is 1.80. The highest BCUT2D eigenvalue weighted by Gasteiger charge is 2.21. The van der Waals surface area contributed by atoms with E-state index in [4.69, 9.17) is 0 Å². The maximum absolute atomic E-state index is 11.0. The molecule has 1 aromatic rings. The van der Waals surface area contributed by atoms with Crippen LogP contribution in [-0.4, -0.2) is 13.8 Å². The maximum Gasteiger partial charge on any atom is 0.283 e. The van der Waals surface area contributed by atoms with Gasteiger partial charge < -0.3 is 4.90 Å². The van der Waals surface area contributed by atoms with Crippen LogP contribution in [0.3, 0.4) is 0 Å². The molecule has 0 bridgehead atoms. The van der Waals surface area contributed by atoms with Crippen molar-refractivity contribution in [1.82, 2.24) is 9.88 Å². The van der Waals surface area contributed by atoms with Crippen molar-refractivity contribution in [2.24, 2.45) is 0 Å². The van der Waals surface area contributed by atoms with Crippen LogP contribution >= 0.6 is 22.6 Å². The minimum absolute atomic E-state index is 0.0885. The maximum atomic E-state index is 11.0. The molecule has 2 heterocycles. The predicted molar refractivity (Wildman–Crippen MR) is 52.9 cm³/mol. The third-order valence-corrected chi connectivity index (χ3v) is 2.62. The summed E-state index contributed by atoms with van der Waals surface area (Å²) in [4.78, 5) is 17.0. The minimum Gasteiger partial charge on any atom is -0.324 e. The van der Waals surface area contributed by atoms with E-state index in [-0.39, 0.29) is 3.91 Å². The fourth-order valence-electron chi connectivity index (χ4n) is 1.32. The second kappa shape index (κ2) is 3.01. The fraction of sp³-hybridized carbons (Fsp3) is 0.250. The Labute approximate surface area is 83.9 Å². The Balaban J connectivity index is 2.27. The number of halogens is 1. The summed E-state index contributed by atoms with van der Waals surface area (Å²) < 4.78 is 0.0885. The van der Waals surface area contributed by atoms with E-state index in [1.165, 1.54) is 5.56 Å². The first-order chi connectivity index (χ1) is 5.77. The van der Waals surface area contributed by atoms with Gasteiger partial charge in [-0.2, -0.15) is 0 Å². The van der Waals surface area contributed by atoms with Crippen molar-refractivity contribution in [3.05, 3.63) is 29.6 Å². The van der Waals surface area contributed by atoms with Gasteiger partial charge in [-0.3, -0.25) is 9.78 Å². The zero-order valence-electron chi connectivity index (χ0n) is 6.33. The Morgan fingerprint density at radius 3 is 3.08 bits per heavy atom. The molecule has 1 amide bonds. The molecule has 0 atom stereocenters. The zero-order chi connectivity index (χ0) is 8.55. The predicted octanol–water partition coefficient (Wildman–Crippen LogP) is 1.95. The molecular weight excluding hydrogens is 267 g/mol. The van der Waals surface area contributed by atoms with Crippen molar-refractivity contribution >= 4 is 26.5 Å². The summed E-state index contributed by atoms with van der Waals surface area (Å²) in [6.07, 6.45) is 1.76. The smallest absolute Gasteiger partial charge is 0.283 e. The number of amides is 1. The SMILES string of the molecule is O=C(I)N1Cc2cccnc2C1. The molecule has 1 aliphatic rings. The normalized spacial score (nSPS) is 14.6. The Morgan fingerprint density at radius 2 is 2.42 bits per heavy atom. The summed E-state index contributed by atoms with van der Waals surface area (Å²) in [5, 5.41) is 0. The van der Waals surface area contributed by atoms with Crippen molar-refractivity contribution in [2.45, 2.75) is 13.1 Å². The van der Waals surface area contributed by atoms with E-state index in [0.717, 1.165) is 5.69 Å². The van der Waals surface area contributed by atoms with Gasteiger partial charge in [-0.15, -0.1) is 0 Å². The van der Waals surface area contributed by atoms with Crippen LogP contribution < -0.4 is 0 Å². The van der Waals surface area contributed by atoms with Gasteiger partial charge in [0.2, 0.25) is 0 Å². The van der Waals surface area contributed by atoms with Crippen LogP contribution in [0.2, 0.25) is 0 Å². The van der Waals surface area contributed by atoms with E-state index in [2.05, 4.69) is 4.98 Å². The molecule has 4 heteroatoms. The fourth-order valence-corrected chi connectivity index (χ4v) is 1.67. The standard InChI is InChI=1S/C8H7IN2O/c9-8(12)11-4-6-2-1-3-10-7(6)5-11/h1-3H,4-5H2. The van der Waals surface area contributed by atoms with E-state index in [0.29, 0.717) is 13.1 Å². The molecule has 0 spiro atoms. The van der Waals surface area contributed by atoms with Crippen LogP contribution in [0.4, 0.5) is 4.79 Å². The van der Waals surface area contributed by atoms with Gasteiger partial charge in [0.1, 0.15) is 0 Å². The molecule has 0 aliphatic carbocycles. The van der Waals surface area contributed by atoms with Crippen molar-refractivity contribution in [3.63, 3.8) is 0 Å². The highest BCUT2D eigenvalue weighted by molar-refractivity contribution is 14.1. The number of aromatic nitrogens is 1. The molecule has 62 valence electrons. The number of carbonyl (C=O) groups is 1. The van der Waals surface area contributed by atoms with Crippen LogP contribution in [0.1, 0.15) is 11.3 Å². The highest BCUT2D eigenvalue weighted by atomic mass is 127.